The summed E-state index contributed by atoms with van der Waals surface area (Å²) >= 11 is 12.7. The Balaban J connectivity index is 2.32. The van der Waals surface area contributed by atoms with E-state index in [4.69, 9.17) is 28.2 Å². The van der Waals surface area contributed by atoms with Crippen molar-refractivity contribution in [3.8, 4) is 0 Å². The summed E-state index contributed by atoms with van der Waals surface area (Å²) in [4.78, 5) is 21.2. The summed E-state index contributed by atoms with van der Waals surface area (Å²) in [6, 6.07) is 12.9. The largest absolute Gasteiger partial charge is 0.379 e. The highest BCUT2D eigenvalue weighted by atomic mass is 35.5. The summed E-state index contributed by atoms with van der Waals surface area (Å²) in [7, 11) is 3.64. The molecule has 0 radical (unpaired) electrons. The van der Waals surface area contributed by atoms with E-state index >= 15 is 0 Å². The highest BCUT2D eigenvalue weighted by molar-refractivity contribution is 6.37. The second-order valence-electron chi connectivity index (χ2n) is 6.05. The topological polar surface area (TPSA) is 35.9 Å². The van der Waals surface area contributed by atoms with E-state index in [9.17, 15) is 4.79 Å². The molecule has 0 fully saturated rings. The molecule has 1 aliphatic rings. The van der Waals surface area contributed by atoms with Crippen molar-refractivity contribution in [1.82, 2.24) is 4.90 Å². The van der Waals surface area contributed by atoms with Gasteiger partial charge in [0.25, 0.3) is 5.91 Å². The van der Waals surface area contributed by atoms with Gasteiger partial charge in [0.05, 0.1) is 11.4 Å². The molecule has 0 saturated heterocycles. The Hall–Kier alpha value is -2.30. The number of hydrogen-bond acceptors (Lipinski definition) is 3. The van der Waals surface area contributed by atoms with E-state index in [2.05, 4.69) is 0 Å². The first kappa shape index (κ1) is 18.5. The van der Waals surface area contributed by atoms with Gasteiger partial charge < -0.3 is 9.80 Å². The molecule has 2 aromatic carbocycles. The molecule has 2 aromatic rings. The van der Waals surface area contributed by atoms with Gasteiger partial charge in [-0.25, -0.2) is 4.99 Å². The Kier molecular flexibility index (Phi) is 5.35. The standard InChI is InChI=1S/C20H19Cl2N3O/c1-4-24(2)12-17-20(26)25(3)18-10-9-13(21)11-15(18)19(23-17)14-7-5-6-8-16(14)22/h5-12H,4H2,1-3H3. The average Bonchev–Trinajstić information content (AvgIpc) is 2.72. The van der Waals surface area contributed by atoms with Gasteiger partial charge in [0, 0.05) is 48.0 Å². The second-order valence-corrected chi connectivity index (χ2v) is 6.90. The number of nitrogens with zero attached hydrogens (tertiary/aromatic N) is 3. The molecule has 1 amide bonds. The van der Waals surface area contributed by atoms with E-state index in [1.54, 1.807) is 24.2 Å². The molecule has 3 rings (SSSR count). The quantitative estimate of drug-likeness (QED) is 0.721. The van der Waals surface area contributed by atoms with E-state index in [-0.39, 0.29) is 5.91 Å². The monoisotopic (exact) mass is 387 g/mol. The van der Waals surface area contributed by atoms with Gasteiger partial charge in [-0.15, -0.1) is 0 Å². The molecular formula is C20H19Cl2N3O. The van der Waals surface area contributed by atoms with Gasteiger partial charge >= 0.3 is 0 Å². The minimum atomic E-state index is -0.184. The molecule has 0 saturated carbocycles. The van der Waals surface area contributed by atoms with E-state index in [1.807, 2.05) is 55.3 Å². The van der Waals surface area contributed by atoms with Crippen LogP contribution in [-0.4, -0.2) is 37.2 Å². The number of hydrogen-bond donors (Lipinski definition) is 0. The molecule has 0 bridgehead atoms. The molecule has 134 valence electrons. The van der Waals surface area contributed by atoms with Crippen LogP contribution in [0.5, 0.6) is 0 Å². The number of halogens is 2. The normalized spacial score (nSPS) is 15.6. The smallest absolute Gasteiger partial charge is 0.278 e. The van der Waals surface area contributed by atoms with Crippen LogP contribution in [0, 0.1) is 0 Å². The number of benzene rings is 2. The predicted octanol–water partition coefficient (Wildman–Crippen LogP) is 4.60. The van der Waals surface area contributed by atoms with Crippen molar-refractivity contribution in [3.63, 3.8) is 0 Å². The van der Waals surface area contributed by atoms with E-state index in [1.165, 1.54) is 0 Å². The number of amides is 1. The Bertz CT molecular complexity index is 921. The average molecular weight is 388 g/mol. The number of likely N-dealkylation sites (N-methyl/N-ethyl adjacent to an activating group) is 1. The molecule has 4 nitrogen and oxygen atoms in total. The maximum absolute atomic E-state index is 13.0. The van der Waals surface area contributed by atoms with Crippen LogP contribution in [0.25, 0.3) is 0 Å². The van der Waals surface area contributed by atoms with Gasteiger partial charge in [-0.05, 0) is 31.2 Å². The zero-order chi connectivity index (χ0) is 18.8. The number of carbonyl (C=O) groups excluding carboxylic acids is 1. The molecule has 6 heteroatoms. The van der Waals surface area contributed by atoms with E-state index < -0.39 is 0 Å². The highest BCUT2D eigenvalue weighted by Gasteiger charge is 2.27. The predicted molar refractivity (Wildman–Crippen MR) is 108 cm³/mol. The SMILES string of the molecule is CCN(C)C=C1N=C(c2ccccc2Cl)c2cc(Cl)ccc2N(C)C1=O. The molecule has 0 unspecified atom stereocenters. The number of carbonyl (C=O) groups is 1. The van der Waals surface area contributed by atoms with Crippen LogP contribution in [0.1, 0.15) is 18.1 Å². The van der Waals surface area contributed by atoms with Crippen LogP contribution in [-0.2, 0) is 4.79 Å². The van der Waals surface area contributed by atoms with Gasteiger partial charge in [-0.2, -0.15) is 0 Å². The Morgan fingerprint density at radius 3 is 2.58 bits per heavy atom. The molecule has 0 atom stereocenters. The van der Waals surface area contributed by atoms with Crippen molar-refractivity contribution < 1.29 is 4.79 Å². The third kappa shape index (κ3) is 3.48. The van der Waals surface area contributed by atoms with Crippen molar-refractivity contribution >= 4 is 40.5 Å². The fourth-order valence-corrected chi connectivity index (χ4v) is 3.14. The zero-order valence-electron chi connectivity index (χ0n) is 14.8. The van der Waals surface area contributed by atoms with Crippen molar-refractivity contribution in [2.24, 2.45) is 4.99 Å². The van der Waals surface area contributed by atoms with Crippen LogP contribution in [0.4, 0.5) is 5.69 Å². The summed E-state index contributed by atoms with van der Waals surface area (Å²) in [5, 5.41) is 1.14. The Morgan fingerprint density at radius 1 is 1.15 bits per heavy atom. The van der Waals surface area contributed by atoms with Gasteiger partial charge in [-0.1, -0.05) is 41.4 Å². The third-order valence-corrected chi connectivity index (χ3v) is 4.87. The molecular weight excluding hydrogens is 369 g/mol. The zero-order valence-corrected chi connectivity index (χ0v) is 16.3. The van der Waals surface area contributed by atoms with Crippen LogP contribution in [0.15, 0.2) is 59.4 Å². The third-order valence-electron chi connectivity index (χ3n) is 4.30. The lowest BCUT2D eigenvalue weighted by molar-refractivity contribution is -0.114. The Morgan fingerprint density at radius 2 is 1.88 bits per heavy atom. The highest BCUT2D eigenvalue weighted by Crippen LogP contribution is 2.32. The first-order chi connectivity index (χ1) is 12.4. The fraction of sp³-hybridized carbons (Fsp3) is 0.200. The maximum Gasteiger partial charge on any atom is 0.278 e. The van der Waals surface area contributed by atoms with Crippen LogP contribution >= 0.6 is 23.2 Å². The number of rotatable bonds is 3. The van der Waals surface area contributed by atoms with Gasteiger partial charge in [0.15, 0.2) is 0 Å². The lowest BCUT2D eigenvalue weighted by Crippen LogP contribution is -2.28. The maximum atomic E-state index is 13.0. The number of fused-ring (bicyclic) bond motifs is 1. The van der Waals surface area contributed by atoms with Gasteiger partial charge in [-0.3, -0.25) is 4.79 Å². The molecule has 0 aromatic heterocycles. The minimum absolute atomic E-state index is 0.184. The summed E-state index contributed by atoms with van der Waals surface area (Å²) < 4.78 is 0. The minimum Gasteiger partial charge on any atom is -0.379 e. The van der Waals surface area contributed by atoms with Gasteiger partial charge in [0.1, 0.15) is 5.70 Å². The van der Waals surface area contributed by atoms with Crippen LogP contribution in [0.3, 0.4) is 0 Å². The van der Waals surface area contributed by atoms with Gasteiger partial charge in [0.2, 0.25) is 0 Å². The molecule has 26 heavy (non-hydrogen) atoms. The summed E-state index contributed by atoms with van der Waals surface area (Å²) in [6.45, 7) is 2.77. The summed E-state index contributed by atoms with van der Waals surface area (Å²) in [6.07, 6.45) is 1.75. The fourth-order valence-electron chi connectivity index (χ4n) is 2.74. The molecule has 0 N–H and O–H groups in total. The molecule has 0 aliphatic carbocycles. The van der Waals surface area contributed by atoms with Crippen LogP contribution in [0.2, 0.25) is 10.0 Å². The first-order valence-corrected chi connectivity index (χ1v) is 9.01. The van der Waals surface area contributed by atoms with E-state index in [0.29, 0.717) is 21.5 Å². The summed E-state index contributed by atoms with van der Waals surface area (Å²) in [5.74, 6) is -0.184. The molecule has 1 heterocycles. The lowest BCUT2D eigenvalue weighted by atomic mass is 10.00. The lowest BCUT2D eigenvalue weighted by Gasteiger charge is -2.19. The number of anilines is 1. The second kappa shape index (κ2) is 7.52. The number of aliphatic imine (C=N–C) groups is 1. The van der Waals surface area contributed by atoms with Crippen molar-refractivity contribution in [3.05, 3.63) is 75.5 Å². The van der Waals surface area contributed by atoms with E-state index in [0.717, 1.165) is 23.4 Å². The van der Waals surface area contributed by atoms with Crippen molar-refractivity contribution in [2.45, 2.75) is 6.92 Å². The van der Waals surface area contributed by atoms with Crippen LogP contribution < -0.4 is 4.90 Å². The summed E-state index contributed by atoms with van der Waals surface area (Å²) in [5.41, 5.74) is 3.23. The molecule has 1 aliphatic heterocycles. The first-order valence-electron chi connectivity index (χ1n) is 8.26. The van der Waals surface area contributed by atoms with Crippen molar-refractivity contribution in [1.29, 1.82) is 0 Å². The van der Waals surface area contributed by atoms with Crippen molar-refractivity contribution in [2.75, 3.05) is 25.5 Å². The Labute approximate surface area is 163 Å². The number of benzodiazepines with no additional fused rings is 1. The molecule has 0 spiro atoms.